The third-order valence-electron chi connectivity index (χ3n) is 4.52. The van der Waals surface area contributed by atoms with Gasteiger partial charge >= 0.3 is 0 Å². The molecule has 1 saturated heterocycles. The molecule has 19 heavy (non-hydrogen) atoms. The zero-order valence-electron chi connectivity index (χ0n) is 12.0. The summed E-state index contributed by atoms with van der Waals surface area (Å²) in [6.07, 6.45) is 5.81. The summed E-state index contributed by atoms with van der Waals surface area (Å²) in [5.74, 6) is 2.28. The Labute approximate surface area is 115 Å². The fourth-order valence-electron chi connectivity index (χ4n) is 3.47. The minimum atomic E-state index is 0.262. The van der Waals surface area contributed by atoms with E-state index in [-0.39, 0.29) is 6.04 Å². The van der Waals surface area contributed by atoms with Crippen molar-refractivity contribution in [1.82, 2.24) is 19.7 Å². The Hall–Kier alpha value is -0.940. The minimum absolute atomic E-state index is 0.262. The van der Waals surface area contributed by atoms with Crippen molar-refractivity contribution in [3.05, 3.63) is 11.6 Å². The van der Waals surface area contributed by atoms with Gasteiger partial charge in [0.05, 0.1) is 6.04 Å². The molecule has 3 rings (SSSR count). The van der Waals surface area contributed by atoms with Gasteiger partial charge < -0.3 is 10.3 Å². The predicted octanol–water partition coefficient (Wildman–Crippen LogP) is 1.49. The molecular formula is C14H25N5. The van der Waals surface area contributed by atoms with Gasteiger partial charge in [-0.15, -0.1) is 10.2 Å². The number of hydrogen-bond donors (Lipinski definition) is 1. The highest BCUT2D eigenvalue weighted by Crippen LogP contribution is 2.32. The van der Waals surface area contributed by atoms with E-state index in [9.17, 15) is 0 Å². The van der Waals surface area contributed by atoms with Gasteiger partial charge in [-0.2, -0.15) is 0 Å². The van der Waals surface area contributed by atoms with Gasteiger partial charge in [0, 0.05) is 25.0 Å². The SMILES string of the molecule is CC(C)N1CCCCC1c1nnc2n1CC(N)CC2. The molecule has 0 spiro atoms. The van der Waals surface area contributed by atoms with Crippen molar-refractivity contribution >= 4 is 0 Å². The van der Waals surface area contributed by atoms with Gasteiger partial charge in [0.15, 0.2) is 0 Å². The lowest BCUT2D eigenvalue weighted by atomic mass is 9.99. The summed E-state index contributed by atoms with van der Waals surface area (Å²) in [6, 6.07) is 1.26. The normalized spacial score (nSPS) is 28.6. The van der Waals surface area contributed by atoms with Gasteiger partial charge in [-0.25, -0.2) is 0 Å². The molecule has 0 bridgehead atoms. The molecule has 2 aliphatic heterocycles. The fraction of sp³-hybridized carbons (Fsp3) is 0.857. The summed E-state index contributed by atoms with van der Waals surface area (Å²) in [6.45, 7) is 6.62. The Morgan fingerprint density at radius 3 is 2.84 bits per heavy atom. The number of hydrogen-bond acceptors (Lipinski definition) is 4. The van der Waals surface area contributed by atoms with Crippen molar-refractivity contribution in [2.75, 3.05) is 6.54 Å². The second kappa shape index (κ2) is 5.21. The number of rotatable bonds is 2. The van der Waals surface area contributed by atoms with Crippen LogP contribution >= 0.6 is 0 Å². The maximum atomic E-state index is 6.11. The number of fused-ring (bicyclic) bond motifs is 1. The van der Waals surface area contributed by atoms with Crippen LogP contribution in [0.25, 0.3) is 0 Å². The zero-order chi connectivity index (χ0) is 13.4. The smallest absolute Gasteiger partial charge is 0.150 e. The van der Waals surface area contributed by atoms with E-state index in [1.54, 1.807) is 0 Å². The first-order valence-corrected chi connectivity index (χ1v) is 7.60. The van der Waals surface area contributed by atoms with Crippen LogP contribution in [0.4, 0.5) is 0 Å². The van der Waals surface area contributed by atoms with E-state index in [4.69, 9.17) is 5.73 Å². The molecule has 1 aromatic rings. The quantitative estimate of drug-likeness (QED) is 0.878. The van der Waals surface area contributed by atoms with Crippen LogP contribution in [-0.2, 0) is 13.0 Å². The van der Waals surface area contributed by atoms with Crippen LogP contribution in [0, 0.1) is 0 Å². The topological polar surface area (TPSA) is 60.0 Å². The van der Waals surface area contributed by atoms with Crippen molar-refractivity contribution < 1.29 is 0 Å². The van der Waals surface area contributed by atoms with Crippen molar-refractivity contribution in [2.24, 2.45) is 5.73 Å². The molecule has 106 valence electrons. The highest BCUT2D eigenvalue weighted by molar-refractivity contribution is 5.06. The lowest BCUT2D eigenvalue weighted by Crippen LogP contribution is -2.41. The summed E-state index contributed by atoms with van der Waals surface area (Å²) in [7, 11) is 0. The Morgan fingerprint density at radius 1 is 1.21 bits per heavy atom. The summed E-state index contributed by atoms with van der Waals surface area (Å²) >= 11 is 0. The Morgan fingerprint density at radius 2 is 2.05 bits per heavy atom. The first kappa shape index (κ1) is 13.1. The molecule has 5 heteroatoms. The summed E-state index contributed by atoms with van der Waals surface area (Å²) in [5.41, 5.74) is 6.11. The highest BCUT2D eigenvalue weighted by atomic mass is 15.3. The van der Waals surface area contributed by atoms with Gasteiger partial charge in [-0.3, -0.25) is 4.90 Å². The van der Waals surface area contributed by atoms with Crippen LogP contribution in [0.3, 0.4) is 0 Å². The molecule has 0 aliphatic carbocycles. The molecule has 0 amide bonds. The van der Waals surface area contributed by atoms with Crippen LogP contribution in [0.5, 0.6) is 0 Å². The molecule has 0 saturated carbocycles. The second-order valence-electron chi connectivity index (χ2n) is 6.23. The molecule has 2 unspecified atom stereocenters. The number of likely N-dealkylation sites (tertiary alicyclic amines) is 1. The number of piperidine rings is 1. The van der Waals surface area contributed by atoms with Crippen molar-refractivity contribution in [1.29, 1.82) is 0 Å². The molecule has 2 N–H and O–H groups in total. The molecule has 5 nitrogen and oxygen atoms in total. The lowest BCUT2D eigenvalue weighted by Gasteiger charge is -2.38. The van der Waals surface area contributed by atoms with Gasteiger partial charge in [-0.1, -0.05) is 6.42 Å². The van der Waals surface area contributed by atoms with E-state index in [2.05, 4.69) is 33.5 Å². The Balaban J connectivity index is 1.90. The van der Waals surface area contributed by atoms with E-state index >= 15 is 0 Å². The predicted molar refractivity (Wildman–Crippen MR) is 74.8 cm³/mol. The summed E-state index contributed by atoms with van der Waals surface area (Å²) < 4.78 is 2.29. The first-order chi connectivity index (χ1) is 9.16. The second-order valence-corrected chi connectivity index (χ2v) is 6.23. The molecule has 0 aromatic carbocycles. The molecule has 0 radical (unpaired) electrons. The summed E-state index contributed by atoms with van der Waals surface area (Å²) in [4.78, 5) is 2.57. The van der Waals surface area contributed by atoms with E-state index in [1.807, 2.05) is 0 Å². The summed E-state index contributed by atoms with van der Waals surface area (Å²) in [5, 5.41) is 8.90. The first-order valence-electron chi connectivity index (χ1n) is 7.60. The Bertz CT molecular complexity index is 439. The molecule has 2 aliphatic rings. The van der Waals surface area contributed by atoms with Crippen LogP contribution in [-0.4, -0.2) is 38.3 Å². The third kappa shape index (κ3) is 2.41. The molecule has 1 aromatic heterocycles. The maximum Gasteiger partial charge on any atom is 0.150 e. The molecular weight excluding hydrogens is 238 g/mol. The van der Waals surface area contributed by atoms with E-state index in [1.165, 1.54) is 25.8 Å². The Kier molecular flexibility index (Phi) is 3.58. The lowest BCUT2D eigenvalue weighted by molar-refractivity contribution is 0.102. The van der Waals surface area contributed by atoms with Crippen molar-refractivity contribution in [3.8, 4) is 0 Å². The van der Waals surface area contributed by atoms with Crippen LogP contribution in [0.1, 0.15) is 57.2 Å². The number of nitrogens with two attached hydrogens (primary N) is 1. The van der Waals surface area contributed by atoms with E-state index in [0.717, 1.165) is 31.0 Å². The fourth-order valence-corrected chi connectivity index (χ4v) is 3.47. The number of nitrogens with zero attached hydrogens (tertiary/aromatic N) is 4. The van der Waals surface area contributed by atoms with E-state index in [0.29, 0.717) is 12.1 Å². The van der Waals surface area contributed by atoms with Gasteiger partial charge in [0.25, 0.3) is 0 Å². The van der Waals surface area contributed by atoms with Gasteiger partial charge in [0.1, 0.15) is 11.6 Å². The molecule has 1 fully saturated rings. The maximum absolute atomic E-state index is 6.11. The number of aryl methyl sites for hydroxylation is 1. The van der Waals surface area contributed by atoms with Crippen molar-refractivity contribution in [2.45, 2.75) is 70.6 Å². The monoisotopic (exact) mass is 263 g/mol. The highest BCUT2D eigenvalue weighted by Gasteiger charge is 2.32. The molecule has 3 heterocycles. The van der Waals surface area contributed by atoms with E-state index < -0.39 is 0 Å². The average Bonchev–Trinajstić information content (AvgIpc) is 2.81. The average molecular weight is 263 g/mol. The van der Waals surface area contributed by atoms with Gasteiger partial charge in [-0.05, 0) is 39.7 Å². The van der Waals surface area contributed by atoms with Crippen LogP contribution in [0.2, 0.25) is 0 Å². The third-order valence-corrected chi connectivity index (χ3v) is 4.52. The van der Waals surface area contributed by atoms with Gasteiger partial charge in [0.2, 0.25) is 0 Å². The largest absolute Gasteiger partial charge is 0.326 e. The van der Waals surface area contributed by atoms with Crippen LogP contribution in [0.15, 0.2) is 0 Å². The van der Waals surface area contributed by atoms with Crippen LogP contribution < -0.4 is 5.73 Å². The standard InChI is InChI=1S/C14H25N5/c1-10(2)18-8-4-3-5-12(18)14-17-16-13-7-6-11(15)9-19(13)14/h10-12H,3-9,15H2,1-2H3. The number of aromatic nitrogens is 3. The molecule has 2 atom stereocenters. The minimum Gasteiger partial charge on any atom is -0.326 e. The zero-order valence-corrected chi connectivity index (χ0v) is 12.0. The van der Waals surface area contributed by atoms with Crippen molar-refractivity contribution in [3.63, 3.8) is 0 Å².